The number of rotatable bonds is 13. The molecule has 3 atom stereocenters. The molecule has 44 heavy (non-hydrogen) atoms. The predicted molar refractivity (Wildman–Crippen MR) is 175 cm³/mol. The third-order valence-corrected chi connectivity index (χ3v) is 13.5. The fourth-order valence-corrected chi connectivity index (χ4v) is 6.66. The van der Waals surface area contributed by atoms with Crippen LogP contribution < -0.4 is 14.4 Å². The highest BCUT2D eigenvalue weighted by molar-refractivity contribution is 6.74. The van der Waals surface area contributed by atoms with Crippen LogP contribution >= 0.6 is 0 Å². The molecule has 0 bridgehead atoms. The average Bonchev–Trinajstić information content (AvgIpc) is 2.99. The minimum absolute atomic E-state index is 0.0136. The molecule has 0 N–H and O–H groups in total. The van der Waals surface area contributed by atoms with Crippen molar-refractivity contribution < 1.29 is 23.1 Å². The summed E-state index contributed by atoms with van der Waals surface area (Å²) in [7, 11) is -0.563. The molecular weight excluding hydrogens is 571 g/mol. The van der Waals surface area contributed by atoms with Crippen LogP contribution in [0, 0.1) is 23.1 Å². The molecule has 3 aromatic rings. The highest BCUT2D eigenvalue weighted by atomic mass is 28.4. The maximum absolute atomic E-state index is 13.9. The van der Waals surface area contributed by atoms with Crippen molar-refractivity contribution in [2.24, 2.45) is 5.92 Å². The Morgan fingerprint density at radius 3 is 2.32 bits per heavy atom. The molecule has 3 aromatic carbocycles. The number of unbranched alkanes of at least 4 members (excludes halogenated alkanes) is 1. The number of methoxy groups -OCH3 is 1. The van der Waals surface area contributed by atoms with Crippen LogP contribution in [0.2, 0.25) is 18.1 Å². The second-order valence-electron chi connectivity index (χ2n) is 13.0. The van der Waals surface area contributed by atoms with E-state index in [1.807, 2.05) is 35.2 Å². The van der Waals surface area contributed by atoms with E-state index in [2.05, 4.69) is 46.9 Å². The van der Waals surface area contributed by atoms with Crippen molar-refractivity contribution in [1.82, 2.24) is 0 Å². The van der Waals surface area contributed by atoms with Gasteiger partial charge in [0.15, 0.2) is 8.32 Å². The molecule has 234 valence electrons. The normalized spacial score (nSPS) is 17.5. The van der Waals surface area contributed by atoms with Crippen molar-refractivity contribution in [1.29, 1.82) is 5.26 Å². The second-order valence-corrected chi connectivity index (χ2v) is 17.8. The van der Waals surface area contributed by atoms with E-state index in [9.17, 15) is 14.4 Å². The fraction of sp³-hybridized carbons (Fsp3) is 0.444. The van der Waals surface area contributed by atoms with Gasteiger partial charge in [0, 0.05) is 17.3 Å². The molecule has 0 saturated carbocycles. The molecule has 6 nitrogen and oxygen atoms in total. The predicted octanol–water partition coefficient (Wildman–Crippen LogP) is 9.13. The van der Waals surface area contributed by atoms with Crippen LogP contribution in [-0.4, -0.2) is 27.9 Å². The molecule has 8 heteroatoms. The highest BCUT2D eigenvalue weighted by Crippen LogP contribution is 2.50. The van der Waals surface area contributed by atoms with E-state index in [0.717, 1.165) is 29.7 Å². The number of β-lactam (4-membered cyclic amide) rings is 1. The lowest BCUT2D eigenvalue weighted by molar-refractivity contribution is -0.131. The summed E-state index contributed by atoms with van der Waals surface area (Å²) in [6.07, 6.45) is 2.82. The smallest absolute Gasteiger partial charge is 0.233 e. The van der Waals surface area contributed by atoms with Crippen molar-refractivity contribution >= 4 is 19.9 Å². The number of hydrogen-bond acceptors (Lipinski definition) is 5. The zero-order chi connectivity index (χ0) is 32.1. The van der Waals surface area contributed by atoms with Gasteiger partial charge in [0.05, 0.1) is 43.4 Å². The summed E-state index contributed by atoms with van der Waals surface area (Å²) in [5.74, 6) is 0.791. The van der Waals surface area contributed by atoms with Gasteiger partial charge < -0.3 is 18.8 Å². The zero-order valence-corrected chi connectivity index (χ0v) is 28.0. The molecule has 0 unspecified atom stereocenters. The van der Waals surface area contributed by atoms with Gasteiger partial charge in [0.2, 0.25) is 5.91 Å². The summed E-state index contributed by atoms with van der Waals surface area (Å²) >= 11 is 0. The van der Waals surface area contributed by atoms with Crippen LogP contribution in [0.25, 0.3) is 0 Å². The van der Waals surface area contributed by atoms with Gasteiger partial charge in [-0.3, -0.25) is 4.79 Å². The Morgan fingerprint density at radius 1 is 1.05 bits per heavy atom. The number of halogens is 1. The first kappa shape index (κ1) is 33.2. The van der Waals surface area contributed by atoms with E-state index in [-0.39, 0.29) is 34.8 Å². The summed E-state index contributed by atoms with van der Waals surface area (Å²) in [5, 5.41) is 9.31. The first-order chi connectivity index (χ1) is 20.9. The van der Waals surface area contributed by atoms with Crippen molar-refractivity contribution in [3.8, 4) is 17.6 Å². The van der Waals surface area contributed by atoms with Crippen LogP contribution in [0.5, 0.6) is 11.5 Å². The Morgan fingerprint density at radius 2 is 1.73 bits per heavy atom. The van der Waals surface area contributed by atoms with Gasteiger partial charge in [0.25, 0.3) is 0 Å². The first-order valence-electron chi connectivity index (χ1n) is 15.5. The molecule has 1 fully saturated rings. The average molecular weight is 617 g/mol. The summed E-state index contributed by atoms with van der Waals surface area (Å²) in [6, 6.07) is 21.3. The SMILES string of the molecule is CCCCOc1cc(OC)ccc1[C@@H]1[C@@H](CC[C@H](O[Si](C)(C)C(C)(C)C)c2ccc(F)cc2)C(=O)N1c1ccc(C#N)cc1. The minimum Gasteiger partial charge on any atom is -0.497 e. The quantitative estimate of drug-likeness (QED) is 0.109. The van der Waals surface area contributed by atoms with Crippen LogP contribution in [0.1, 0.15) is 82.2 Å². The zero-order valence-electron chi connectivity index (χ0n) is 27.0. The summed E-state index contributed by atoms with van der Waals surface area (Å²) in [5.41, 5.74) is 3.10. The van der Waals surface area contributed by atoms with Gasteiger partial charge >= 0.3 is 0 Å². The van der Waals surface area contributed by atoms with Crippen LogP contribution in [0.15, 0.2) is 66.7 Å². The summed E-state index contributed by atoms with van der Waals surface area (Å²) < 4.78 is 32.6. The number of nitriles is 1. The van der Waals surface area contributed by atoms with Gasteiger partial charge in [0.1, 0.15) is 17.3 Å². The third-order valence-electron chi connectivity index (χ3n) is 9.01. The first-order valence-corrected chi connectivity index (χ1v) is 18.4. The van der Waals surface area contributed by atoms with Gasteiger partial charge in [-0.25, -0.2) is 4.39 Å². The number of anilines is 1. The topological polar surface area (TPSA) is 71.8 Å². The van der Waals surface area contributed by atoms with Crippen LogP contribution in [0.3, 0.4) is 0 Å². The molecule has 1 aliphatic heterocycles. The lowest BCUT2D eigenvalue weighted by Crippen LogP contribution is -2.55. The van der Waals surface area contributed by atoms with E-state index in [4.69, 9.17) is 13.9 Å². The Balaban J connectivity index is 1.70. The van der Waals surface area contributed by atoms with Crippen LogP contribution in [0.4, 0.5) is 10.1 Å². The van der Waals surface area contributed by atoms with Gasteiger partial charge in [-0.05, 0) is 91.5 Å². The molecule has 0 aromatic heterocycles. The molecule has 1 heterocycles. The monoisotopic (exact) mass is 616 g/mol. The van der Waals surface area contributed by atoms with Crippen LogP contribution in [-0.2, 0) is 9.22 Å². The van der Waals surface area contributed by atoms with Crippen molar-refractivity contribution in [2.45, 2.75) is 83.7 Å². The highest BCUT2D eigenvalue weighted by Gasteiger charge is 2.50. The summed E-state index contributed by atoms with van der Waals surface area (Å²) in [4.78, 5) is 15.8. The molecule has 1 amide bonds. The Hall–Kier alpha value is -3.67. The number of amides is 1. The molecule has 1 saturated heterocycles. The van der Waals surface area contributed by atoms with E-state index >= 15 is 0 Å². The number of nitrogens with zero attached hydrogens (tertiary/aromatic N) is 2. The van der Waals surface area contributed by atoms with Gasteiger partial charge in [-0.2, -0.15) is 5.26 Å². The molecule has 0 spiro atoms. The van der Waals surface area contributed by atoms with Crippen molar-refractivity contribution in [3.05, 3.63) is 89.2 Å². The standard InChI is InChI=1S/C36H45FN2O4Si/c1-8-9-22-42-33-23-29(41-5)18-19-30(33)34-31(35(40)39(34)28-16-10-25(24-38)11-17-28)20-21-32(26-12-14-27(37)15-13-26)43-44(6,7)36(2,3)4/h10-19,23,31-32,34H,8-9,20-22H2,1-7H3/t31-,32+,34-/m1/s1. The number of hydrogen-bond donors (Lipinski definition) is 0. The number of carbonyl (C=O) groups is 1. The Kier molecular flexibility index (Phi) is 10.5. The molecule has 0 aliphatic carbocycles. The van der Waals surface area contributed by atoms with Crippen molar-refractivity contribution in [3.63, 3.8) is 0 Å². The van der Waals surface area contributed by atoms with Gasteiger partial charge in [-0.15, -0.1) is 0 Å². The lowest BCUT2D eigenvalue weighted by atomic mass is 9.78. The largest absolute Gasteiger partial charge is 0.497 e. The molecule has 4 rings (SSSR count). The minimum atomic E-state index is -2.19. The maximum Gasteiger partial charge on any atom is 0.233 e. The summed E-state index contributed by atoms with van der Waals surface area (Å²) in [6.45, 7) is 13.7. The van der Waals surface area contributed by atoms with E-state index < -0.39 is 8.32 Å². The number of benzene rings is 3. The Bertz CT molecular complexity index is 1460. The number of ether oxygens (including phenoxy) is 2. The maximum atomic E-state index is 13.9. The fourth-order valence-electron chi connectivity index (χ4n) is 5.34. The van der Waals surface area contributed by atoms with E-state index in [0.29, 0.717) is 36.5 Å². The second kappa shape index (κ2) is 14.0. The molecule has 1 aliphatic rings. The third kappa shape index (κ3) is 7.33. The Labute approximate surface area is 262 Å². The van der Waals surface area contributed by atoms with E-state index in [1.54, 1.807) is 31.4 Å². The van der Waals surface area contributed by atoms with Gasteiger partial charge in [-0.1, -0.05) is 46.2 Å². The molecule has 0 radical (unpaired) electrons. The van der Waals surface area contributed by atoms with E-state index in [1.165, 1.54) is 12.1 Å². The molecular formula is C36H45FN2O4Si. The lowest BCUT2D eigenvalue weighted by Gasteiger charge is -2.48. The number of carbonyl (C=O) groups excluding carboxylic acids is 1. The van der Waals surface area contributed by atoms with Crippen molar-refractivity contribution in [2.75, 3.05) is 18.6 Å².